The molecule has 1 unspecified atom stereocenters. The van der Waals surface area contributed by atoms with Crippen LogP contribution in [0.1, 0.15) is 12.5 Å². The van der Waals surface area contributed by atoms with Gasteiger partial charge in [0.1, 0.15) is 5.75 Å². The maximum absolute atomic E-state index is 5.15. The molecule has 64 valence electrons. The zero-order valence-corrected chi connectivity index (χ0v) is 7.42. The predicted octanol–water partition coefficient (Wildman–Crippen LogP) is 2.05. The summed E-state index contributed by atoms with van der Waals surface area (Å²) in [7, 11) is 1.70. The number of benzene rings is 1. The zero-order valence-electron chi connectivity index (χ0n) is 7.42. The molecule has 0 aromatic heterocycles. The van der Waals surface area contributed by atoms with E-state index in [1.165, 1.54) is 11.3 Å². The van der Waals surface area contributed by atoms with Gasteiger partial charge in [0, 0.05) is 11.7 Å². The van der Waals surface area contributed by atoms with Gasteiger partial charge in [0.15, 0.2) is 0 Å². The molecule has 0 amide bonds. The van der Waals surface area contributed by atoms with Crippen molar-refractivity contribution in [2.45, 2.75) is 19.4 Å². The first-order valence-corrected chi connectivity index (χ1v) is 4.23. The second-order valence-electron chi connectivity index (χ2n) is 3.27. The Morgan fingerprint density at radius 3 is 3.08 bits per heavy atom. The lowest BCUT2D eigenvalue weighted by molar-refractivity contribution is 0.414. The van der Waals surface area contributed by atoms with E-state index in [9.17, 15) is 0 Å². The minimum atomic E-state index is 0.562. The summed E-state index contributed by atoms with van der Waals surface area (Å²) in [5.41, 5.74) is 2.62. The van der Waals surface area contributed by atoms with E-state index in [1.807, 2.05) is 6.07 Å². The van der Waals surface area contributed by atoms with Gasteiger partial charge in [0.25, 0.3) is 0 Å². The lowest BCUT2D eigenvalue weighted by atomic mass is 10.1. The highest BCUT2D eigenvalue weighted by Crippen LogP contribution is 2.28. The molecule has 2 heteroatoms. The summed E-state index contributed by atoms with van der Waals surface area (Å²) in [5, 5.41) is 3.39. The largest absolute Gasteiger partial charge is 0.497 e. The van der Waals surface area contributed by atoms with Crippen LogP contribution in [0.25, 0.3) is 0 Å². The lowest BCUT2D eigenvalue weighted by Crippen LogP contribution is -2.08. The van der Waals surface area contributed by atoms with Gasteiger partial charge in [-0.1, -0.05) is 0 Å². The molecule has 0 bridgehead atoms. The van der Waals surface area contributed by atoms with Crippen LogP contribution in [-0.4, -0.2) is 13.2 Å². The van der Waals surface area contributed by atoms with Crippen LogP contribution in [0.5, 0.6) is 5.75 Å². The third-order valence-electron chi connectivity index (χ3n) is 2.24. The minimum absolute atomic E-state index is 0.562. The number of anilines is 1. The van der Waals surface area contributed by atoms with Crippen LogP contribution in [0, 0.1) is 0 Å². The van der Waals surface area contributed by atoms with Crippen molar-refractivity contribution in [2.24, 2.45) is 0 Å². The summed E-state index contributed by atoms with van der Waals surface area (Å²) in [4.78, 5) is 0. The second kappa shape index (κ2) is 2.70. The van der Waals surface area contributed by atoms with Crippen molar-refractivity contribution in [2.75, 3.05) is 12.4 Å². The highest BCUT2D eigenvalue weighted by molar-refractivity contribution is 5.58. The fraction of sp³-hybridized carbons (Fsp3) is 0.400. The molecule has 0 spiro atoms. The highest BCUT2D eigenvalue weighted by atomic mass is 16.5. The molecule has 0 fully saturated rings. The van der Waals surface area contributed by atoms with Gasteiger partial charge in [0.2, 0.25) is 0 Å². The number of hydrogen-bond donors (Lipinski definition) is 1. The maximum atomic E-state index is 5.15. The molecule has 2 rings (SSSR count). The third-order valence-corrected chi connectivity index (χ3v) is 2.24. The fourth-order valence-electron chi connectivity index (χ4n) is 1.65. The van der Waals surface area contributed by atoms with Crippen LogP contribution < -0.4 is 10.1 Å². The lowest BCUT2D eigenvalue weighted by Gasteiger charge is -2.03. The summed E-state index contributed by atoms with van der Waals surface area (Å²) in [5.74, 6) is 0.949. The standard InChI is InChI=1S/C10H13NO/c1-7-5-8-6-9(12-2)3-4-10(8)11-7/h3-4,6-7,11H,5H2,1-2H3. The smallest absolute Gasteiger partial charge is 0.119 e. The van der Waals surface area contributed by atoms with Crippen molar-refractivity contribution >= 4 is 5.69 Å². The Balaban J connectivity index is 2.35. The molecule has 0 saturated heterocycles. The number of ether oxygens (including phenoxy) is 1. The Morgan fingerprint density at radius 1 is 1.50 bits per heavy atom. The molecule has 2 nitrogen and oxygen atoms in total. The average Bonchev–Trinajstić information content (AvgIpc) is 2.43. The monoisotopic (exact) mass is 163 g/mol. The summed E-state index contributed by atoms with van der Waals surface area (Å²) in [6.07, 6.45) is 1.10. The molecule has 1 heterocycles. The first-order chi connectivity index (χ1) is 5.79. The topological polar surface area (TPSA) is 21.3 Å². The molecular weight excluding hydrogens is 150 g/mol. The Kier molecular flexibility index (Phi) is 1.68. The zero-order chi connectivity index (χ0) is 8.55. The number of rotatable bonds is 1. The summed E-state index contributed by atoms with van der Waals surface area (Å²) >= 11 is 0. The molecule has 1 aromatic carbocycles. The average molecular weight is 163 g/mol. The van der Waals surface area contributed by atoms with Crippen LogP contribution in [0.4, 0.5) is 5.69 Å². The first kappa shape index (κ1) is 7.47. The third kappa shape index (κ3) is 1.13. The normalized spacial score (nSPS) is 20.0. The Morgan fingerprint density at radius 2 is 2.33 bits per heavy atom. The quantitative estimate of drug-likeness (QED) is 0.684. The molecule has 0 saturated carbocycles. The molecular formula is C10H13NO. The Bertz CT molecular complexity index is 296. The van der Waals surface area contributed by atoms with Gasteiger partial charge in [-0.3, -0.25) is 0 Å². The molecule has 0 radical (unpaired) electrons. The van der Waals surface area contributed by atoms with Crippen LogP contribution in [0.2, 0.25) is 0 Å². The molecule has 1 N–H and O–H groups in total. The summed E-state index contributed by atoms with van der Waals surface area (Å²) < 4.78 is 5.15. The fourth-order valence-corrected chi connectivity index (χ4v) is 1.65. The SMILES string of the molecule is COc1ccc2c(c1)CC(C)N2. The van der Waals surface area contributed by atoms with E-state index < -0.39 is 0 Å². The van der Waals surface area contributed by atoms with Crippen molar-refractivity contribution in [3.8, 4) is 5.75 Å². The van der Waals surface area contributed by atoms with Crippen molar-refractivity contribution in [3.05, 3.63) is 23.8 Å². The van der Waals surface area contributed by atoms with Gasteiger partial charge in [-0.05, 0) is 37.1 Å². The van der Waals surface area contributed by atoms with Gasteiger partial charge >= 0.3 is 0 Å². The van der Waals surface area contributed by atoms with E-state index >= 15 is 0 Å². The van der Waals surface area contributed by atoms with Gasteiger partial charge in [-0.15, -0.1) is 0 Å². The summed E-state index contributed by atoms with van der Waals surface area (Å²) in [6, 6.07) is 6.74. The molecule has 12 heavy (non-hydrogen) atoms. The summed E-state index contributed by atoms with van der Waals surface area (Å²) in [6.45, 7) is 2.19. The molecule has 1 aromatic rings. The van der Waals surface area contributed by atoms with Crippen molar-refractivity contribution < 1.29 is 4.74 Å². The van der Waals surface area contributed by atoms with Gasteiger partial charge in [-0.2, -0.15) is 0 Å². The Hall–Kier alpha value is -1.18. The van der Waals surface area contributed by atoms with Crippen molar-refractivity contribution in [1.82, 2.24) is 0 Å². The van der Waals surface area contributed by atoms with E-state index in [1.54, 1.807) is 7.11 Å². The van der Waals surface area contributed by atoms with Crippen molar-refractivity contribution in [3.63, 3.8) is 0 Å². The number of methoxy groups -OCH3 is 1. The second-order valence-corrected chi connectivity index (χ2v) is 3.27. The van der Waals surface area contributed by atoms with Crippen LogP contribution >= 0.6 is 0 Å². The van der Waals surface area contributed by atoms with Crippen LogP contribution in [-0.2, 0) is 6.42 Å². The van der Waals surface area contributed by atoms with E-state index in [2.05, 4.69) is 24.4 Å². The van der Waals surface area contributed by atoms with E-state index in [-0.39, 0.29) is 0 Å². The van der Waals surface area contributed by atoms with Gasteiger partial charge < -0.3 is 10.1 Å². The number of nitrogens with one attached hydrogen (secondary N) is 1. The van der Waals surface area contributed by atoms with Crippen LogP contribution in [0.3, 0.4) is 0 Å². The molecule has 0 aliphatic carbocycles. The van der Waals surface area contributed by atoms with Gasteiger partial charge in [-0.25, -0.2) is 0 Å². The van der Waals surface area contributed by atoms with E-state index in [0.717, 1.165) is 12.2 Å². The predicted molar refractivity (Wildman–Crippen MR) is 49.8 cm³/mol. The molecule has 1 aliphatic heterocycles. The number of fused-ring (bicyclic) bond motifs is 1. The highest BCUT2D eigenvalue weighted by Gasteiger charge is 2.16. The first-order valence-electron chi connectivity index (χ1n) is 4.23. The van der Waals surface area contributed by atoms with Gasteiger partial charge in [0.05, 0.1) is 7.11 Å². The molecule has 1 atom stereocenters. The van der Waals surface area contributed by atoms with Crippen LogP contribution in [0.15, 0.2) is 18.2 Å². The Labute approximate surface area is 72.5 Å². The van der Waals surface area contributed by atoms with E-state index in [4.69, 9.17) is 4.74 Å². The van der Waals surface area contributed by atoms with Crippen molar-refractivity contribution in [1.29, 1.82) is 0 Å². The maximum Gasteiger partial charge on any atom is 0.119 e. The van der Waals surface area contributed by atoms with E-state index in [0.29, 0.717) is 6.04 Å². The number of hydrogen-bond acceptors (Lipinski definition) is 2. The molecule has 1 aliphatic rings. The minimum Gasteiger partial charge on any atom is -0.497 e.